The van der Waals surface area contributed by atoms with Gasteiger partial charge in [-0.05, 0) is 29.9 Å². The minimum Gasteiger partial charge on any atom is -0.390 e. The predicted molar refractivity (Wildman–Crippen MR) is 63.1 cm³/mol. The number of aliphatic hydroxyl groups excluding tert-OH is 1. The first kappa shape index (κ1) is 11.1. The third-order valence-corrected chi connectivity index (χ3v) is 4.11. The van der Waals surface area contributed by atoms with E-state index >= 15 is 0 Å². The van der Waals surface area contributed by atoms with Gasteiger partial charge in [0.05, 0.1) is 6.10 Å². The van der Waals surface area contributed by atoms with Crippen molar-refractivity contribution in [2.24, 2.45) is 5.73 Å². The molecule has 0 saturated heterocycles. The number of aryl methyl sites for hydroxylation is 1. The molecular weight excluding hydrogens is 208 g/mol. The summed E-state index contributed by atoms with van der Waals surface area (Å²) < 4.78 is 0. The molecule has 2 heterocycles. The van der Waals surface area contributed by atoms with Gasteiger partial charge in [-0.1, -0.05) is 0 Å². The molecule has 0 fully saturated rings. The number of aliphatic hydroxyl groups is 1. The molecule has 2 rings (SSSR count). The van der Waals surface area contributed by atoms with Gasteiger partial charge in [0.25, 0.3) is 0 Å². The van der Waals surface area contributed by atoms with Crippen molar-refractivity contribution in [2.45, 2.75) is 26.0 Å². The first-order chi connectivity index (χ1) is 7.20. The maximum absolute atomic E-state index is 9.50. The van der Waals surface area contributed by atoms with Crippen molar-refractivity contribution in [3.63, 3.8) is 0 Å². The van der Waals surface area contributed by atoms with Gasteiger partial charge in [-0.3, -0.25) is 4.90 Å². The molecule has 15 heavy (non-hydrogen) atoms. The van der Waals surface area contributed by atoms with E-state index < -0.39 is 0 Å². The molecule has 1 unspecified atom stereocenters. The molecule has 1 atom stereocenters. The van der Waals surface area contributed by atoms with Gasteiger partial charge in [0.2, 0.25) is 0 Å². The highest BCUT2D eigenvalue weighted by atomic mass is 32.1. The highest BCUT2D eigenvalue weighted by Crippen LogP contribution is 2.27. The number of hydrogen-bond acceptors (Lipinski definition) is 4. The SMILES string of the molecule is Cc1csc2c1CCN(CC(O)CN)C2. The Morgan fingerprint density at radius 2 is 2.47 bits per heavy atom. The number of nitrogens with two attached hydrogens (primary N) is 1. The van der Waals surface area contributed by atoms with E-state index in [2.05, 4.69) is 17.2 Å². The molecule has 1 aromatic heterocycles. The van der Waals surface area contributed by atoms with Crippen molar-refractivity contribution < 1.29 is 5.11 Å². The minimum atomic E-state index is -0.382. The molecule has 0 saturated carbocycles. The summed E-state index contributed by atoms with van der Waals surface area (Å²) in [4.78, 5) is 3.75. The molecular formula is C11H18N2OS. The Labute approximate surface area is 94.5 Å². The Morgan fingerprint density at radius 1 is 1.67 bits per heavy atom. The number of fused-ring (bicyclic) bond motifs is 1. The topological polar surface area (TPSA) is 49.5 Å². The van der Waals surface area contributed by atoms with Crippen LogP contribution in [0.15, 0.2) is 5.38 Å². The van der Waals surface area contributed by atoms with E-state index in [1.807, 2.05) is 11.3 Å². The average molecular weight is 226 g/mol. The van der Waals surface area contributed by atoms with Crippen molar-refractivity contribution in [3.05, 3.63) is 21.4 Å². The van der Waals surface area contributed by atoms with Crippen molar-refractivity contribution in [2.75, 3.05) is 19.6 Å². The smallest absolute Gasteiger partial charge is 0.0789 e. The molecule has 0 bridgehead atoms. The molecule has 0 amide bonds. The lowest BCUT2D eigenvalue weighted by Crippen LogP contribution is -2.39. The zero-order valence-electron chi connectivity index (χ0n) is 9.07. The van der Waals surface area contributed by atoms with Crippen LogP contribution < -0.4 is 5.73 Å². The first-order valence-electron chi connectivity index (χ1n) is 5.37. The Balaban J connectivity index is 2.00. The Bertz CT molecular complexity index is 337. The number of β-amino-alcohol motifs (C(OH)–C–C–N with tert-alkyl or cyclic N) is 1. The van der Waals surface area contributed by atoms with Gasteiger partial charge in [-0.25, -0.2) is 0 Å². The zero-order chi connectivity index (χ0) is 10.8. The van der Waals surface area contributed by atoms with Crippen LogP contribution >= 0.6 is 11.3 Å². The van der Waals surface area contributed by atoms with Crippen LogP contribution in [0.3, 0.4) is 0 Å². The minimum absolute atomic E-state index is 0.354. The van der Waals surface area contributed by atoms with Crippen molar-refractivity contribution in [1.82, 2.24) is 4.90 Å². The lowest BCUT2D eigenvalue weighted by atomic mass is 10.0. The normalized spacial score (nSPS) is 18.9. The van der Waals surface area contributed by atoms with E-state index in [-0.39, 0.29) is 6.10 Å². The fourth-order valence-corrected chi connectivity index (χ4v) is 3.20. The van der Waals surface area contributed by atoms with Crippen LogP contribution in [0.1, 0.15) is 16.0 Å². The predicted octanol–water partition coefficient (Wildman–Crippen LogP) is 0.734. The highest BCUT2D eigenvalue weighted by Gasteiger charge is 2.20. The summed E-state index contributed by atoms with van der Waals surface area (Å²) in [6.07, 6.45) is 0.731. The quantitative estimate of drug-likeness (QED) is 0.799. The van der Waals surface area contributed by atoms with E-state index in [0.29, 0.717) is 13.1 Å². The summed E-state index contributed by atoms with van der Waals surface area (Å²) in [6, 6.07) is 0. The molecule has 1 aliphatic heterocycles. The summed E-state index contributed by atoms with van der Waals surface area (Å²) in [7, 11) is 0. The molecule has 1 aromatic rings. The summed E-state index contributed by atoms with van der Waals surface area (Å²) in [5.74, 6) is 0. The monoisotopic (exact) mass is 226 g/mol. The lowest BCUT2D eigenvalue weighted by molar-refractivity contribution is 0.112. The van der Waals surface area contributed by atoms with E-state index in [1.54, 1.807) is 0 Å². The number of rotatable bonds is 3. The second-order valence-corrected chi connectivity index (χ2v) is 5.16. The molecule has 3 N–H and O–H groups in total. The summed E-state index contributed by atoms with van der Waals surface area (Å²) in [5, 5.41) is 11.7. The highest BCUT2D eigenvalue weighted by molar-refractivity contribution is 7.10. The van der Waals surface area contributed by atoms with Crippen LogP contribution in [0.25, 0.3) is 0 Å². The number of hydrogen-bond donors (Lipinski definition) is 2. The Kier molecular flexibility index (Phi) is 3.41. The lowest BCUT2D eigenvalue weighted by Gasteiger charge is -2.28. The first-order valence-corrected chi connectivity index (χ1v) is 6.25. The largest absolute Gasteiger partial charge is 0.390 e. The van der Waals surface area contributed by atoms with Gasteiger partial charge in [-0.15, -0.1) is 11.3 Å². The van der Waals surface area contributed by atoms with Crippen LogP contribution in [-0.2, 0) is 13.0 Å². The van der Waals surface area contributed by atoms with E-state index in [0.717, 1.165) is 19.5 Å². The maximum Gasteiger partial charge on any atom is 0.0789 e. The molecule has 84 valence electrons. The van der Waals surface area contributed by atoms with Crippen LogP contribution in [0.5, 0.6) is 0 Å². The van der Waals surface area contributed by atoms with Gasteiger partial charge in [0, 0.05) is 31.1 Å². The van der Waals surface area contributed by atoms with Gasteiger partial charge in [0.15, 0.2) is 0 Å². The average Bonchev–Trinajstić information content (AvgIpc) is 2.60. The molecule has 4 heteroatoms. The molecule has 0 aromatic carbocycles. The zero-order valence-corrected chi connectivity index (χ0v) is 9.89. The second kappa shape index (κ2) is 4.61. The van der Waals surface area contributed by atoms with Crippen LogP contribution in [0.4, 0.5) is 0 Å². The van der Waals surface area contributed by atoms with Crippen LogP contribution in [0, 0.1) is 6.92 Å². The molecule has 3 nitrogen and oxygen atoms in total. The van der Waals surface area contributed by atoms with Gasteiger partial charge in [-0.2, -0.15) is 0 Å². The fourth-order valence-electron chi connectivity index (χ4n) is 2.07. The Hall–Kier alpha value is -0.420. The van der Waals surface area contributed by atoms with Crippen LogP contribution in [-0.4, -0.2) is 35.7 Å². The molecule has 0 aliphatic carbocycles. The third kappa shape index (κ3) is 2.39. The summed E-state index contributed by atoms with van der Waals surface area (Å²) in [5.41, 5.74) is 8.37. The molecule has 0 radical (unpaired) electrons. The maximum atomic E-state index is 9.50. The van der Waals surface area contributed by atoms with E-state index in [1.165, 1.54) is 16.0 Å². The van der Waals surface area contributed by atoms with Gasteiger partial charge < -0.3 is 10.8 Å². The molecule has 1 aliphatic rings. The number of nitrogens with zero attached hydrogens (tertiary/aromatic N) is 1. The van der Waals surface area contributed by atoms with Gasteiger partial charge >= 0.3 is 0 Å². The van der Waals surface area contributed by atoms with Gasteiger partial charge in [0.1, 0.15) is 0 Å². The van der Waals surface area contributed by atoms with Crippen molar-refractivity contribution >= 4 is 11.3 Å². The molecule has 0 spiro atoms. The van der Waals surface area contributed by atoms with Crippen molar-refractivity contribution in [3.8, 4) is 0 Å². The van der Waals surface area contributed by atoms with Crippen molar-refractivity contribution in [1.29, 1.82) is 0 Å². The Morgan fingerprint density at radius 3 is 3.20 bits per heavy atom. The van der Waals surface area contributed by atoms with E-state index in [9.17, 15) is 5.11 Å². The standard InChI is InChI=1S/C11H18N2OS/c1-8-7-15-11-6-13(3-2-10(8)11)5-9(14)4-12/h7,9,14H,2-6,12H2,1H3. The fraction of sp³-hybridized carbons (Fsp3) is 0.636. The summed E-state index contributed by atoms with van der Waals surface area (Å²) in [6.45, 7) is 5.26. The summed E-state index contributed by atoms with van der Waals surface area (Å²) >= 11 is 1.84. The third-order valence-electron chi connectivity index (χ3n) is 2.98. The number of thiophene rings is 1. The van der Waals surface area contributed by atoms with Crippen LogP contribution in [0.2, 0.25) is 0 Å². The van der Waals surface area contributed by atoms with E-state index in [4.69, 9.17) is 5.73 Å². The second-order valence-electron chi connectivity index (χ2n) is 4.20.